The molecular weight excluding hydrogens is 158 g/mol. The second-order valence-electron chi connectivity index (χ2n) is 3.52. The molecule has 0 unspecified atom stereocenters. The van der Waals surface area contributed by atoms with E-state index in [1.807, 2.05) is 0 Å². The lowest BCUT2D eigenvalue weighted by molar-refractivity contribution is -0.924. The highest BCUT2D eigenvalue weighted by Gasteiger charge is 2.31. The Labute approximate surface area is 72.5 Å². The van der Waals surface area contributed by atoms with Crippen LogP contribution in [-0.4, -0.2) is 49.0 Å². The second kappa shape index (κ2) is 3.33. The maximum atomic E-state index is 5.37. The van der Waals surface area contributed by atoms with E-state index < -0.39 is 0 Å². The van der Waals surface area contributed by atoms with Crippen LogP contribution in [0.1, 0.15) is 6.42 Å². The van der Waals surface area contributed by atoms with Crippen molar-refractivity contribution in [3.05, 3.63) is 0 Å². The summed E-state index contributed by atoms with van der Waals surface area (Å²) in [6, 6.07) is 0. The Morgan fingerprint density at radius 3 is 2.55 bits per heavy atom. The van der Waals surface area contributed by atoms with Crippen LogP contribution in [0.5, 0.6) is 0 Å². The van der Waals surface area contributed by atoms with Crippen molar-refractivity contribution >= 4 is 11.8 Å². The number of thioether (sulfide) groups is 1. The molecule has 0 bridgehead atoms. The molecule has 0 aliphatic carbocycles. The Bertz CT molecular complexity index is 109. The highest BCUT2D eigenvalue weighted by Crippen LogP contribution is 2.23. The summed E-state index contributed by atoms with van der Waals surface area (Å²) in [5.41, 5.74) is 0. The minimum atomic E-state index is 0.987. The van der Waals surface area contributed by atoms with E-state index in [0.717, 1.165) is 13.2 Å². The van der Waals surface area contributed by atoms with Gasteiger partial charge in [0, 0.05) is 12.2 Å². The SMILES string of the molecule is C1CSC[N+]2(C1)CCOCC2. The van der Waals surface area contributed by atoms with E-state index in [9.17, 15) is 0 Å². The molecule has 2 saturated heterocycles. The smallest absolute Gasteiger partial charge is 0.125 e. The average molecular weight is 174 g/mol. The van der Waals surface area contributed by atoms with E-state index in [1.54, 1.807) is 0 Å². The topological polar surface area (TPSA) is 9.23 Å². The molecule has 0 aromatic rings. The fourth-order valence-corrected chi connectivity index (χ4v) is 3.14. The molecule has 0 N–H and O–H groups in total. The third kappa shape index (κ3) is 1.71. The first-order valence-corrected chi connectivity index (χ1v) is 5.57. The zero-order chi connectivity index (χ0) is 7.57. The maximum Gasteiger partial charge on any atom is 0.125 e. The molecule has 2 rings (SSSR count). The predicted octanol–water partition coefficient (Wildman–Crippen LogP) is 0.928. The second-order valence-corrected chi connectivity index (χ2v) is 4.59. The highest BCUT2D eigenvalue weighted by atomic mass is 32.2. The molecule has 1 spiro atoms. The molecule has 2 fully saturated rings. The first kappa shape index (κ1) is 7.90. The molecule has 0 atom stereocenters. The molecule has 64 valence electrons. The van der Waals surface area contributed by atoms with Gasteiger partial charge in [0.15, 0.2) is 0 Å². The van der Waals surface area contributed by atoms with Gasteiger partial charge in [-0.3, -0.25) is 0 Å². The fraction of sp³-hybridized carbons (Fsp3) is 1.00. The van der Waals surface area contributed by atoms with Gasteiger partial charge >= 0.3 is 0 Å². The number of rotatable bonds is 0. The van der Waals surface area contributed by atoms with Gasteiger partial charge in [-0.15, -0.1) is 11.8 Å². The lowest BCUT2D eigenvalue weighted by atomic mass is 10.3. The van der Waals surface area contributed by atoms with Crippen molar-refractivity contribution in [3.8, 4) is 0 Å². The van der Waals surface area contributed by atoms with Crippen molar-refractivity contribution in [2.24, 2.45) is 0 Å². The van der Waals surface area contributed by atoms with Crippen LogP contribution in [0.25, 0.3) is 0 Å². The van der Waals surface area contributed by atoms with Crippen LogP contribution in [0.15, 0.2) is 0 Å². The fourth-order valence-electron chi connectivity index (χ4n) is 1.91. The minimum absolute atomic E-state index is 0.987. The summed E-state index contributed by atoms with van der Waals surface area (Å²) in [5.74, 6) is 2.71. The van der Waals surface area contributed by atoms with Gasteiger partial charge in [0.1, 0.15) is 19.0 Å². The van der Waals surface area contributed by atoms with Gasteiger partial charge in [-0.05, 0) is 0 Å². The summed E-state index contributed by atoms with van der Waals surface area (Å²) in [4.78, 5) is 0. The number of quaternary nitrogens is 1. The van der Waals surface area contributed by atoms with E-state index in [4.69, 9.17) is 4.74 Å². The summed E-state index contributed by atoms with van der Waals surface area (Å²) in [7, 11) is 0. The quantitative estimate of drug-likeness (QED) is 0.505. The third-order valence-electron chi connectivity index (χ3n) is 2.71. The molecule has 11 heavy (non-hydrogen) atoms. The maximum absolute atomic E-state index is 5.37. The van der Waals surface area contributed by atoms with Gasteiger partial charge in [0.05, 0.1) is 19.8 Å². The van der Waals surface area contributed by atoms with E-state index in [0.29, 0.717) is 0 Å². The van der Waals surface area contributed by atoms with Crippen LogP contribution < -0.4 is 0 Å². The molecule has 2 heterocycles. The van der Waals surface area contributed by atoms with Crippen LogP contribution in [0.3, 0.4) is 0 Å². The van der Waals surface area contributed by atoms with Crippen molar-refractivity contribution in [1.29, 1.82) is 0 Å². The number of hydrogen-bond donors (Lipinski definition) is 0. The molecule has 0 radical (unpaired) electrons. The molecule has 0 saturated carbocycles. The first-order valence-electron chi connectivity index (χ1n) is 4.42. The van der Waals surface area contributed by atoms with Gasteiger partial charge in [-0.1, -0.05) is 0 Å². The monoisotopic (exact) mass is 174 g/mol. The normalized spacial score (nSPS) is 30.5. The van der Waals surface area contributed by atoms with Crippen molar-refractivity contribution in [3.63, 3.8) is 0 Å². The summed E-state index contributed by atoms with van der Waals surface area (Å²) in [5, 5.41) is 0. The molecular formula is C8H16NOS+. The van der Waals surface area contributed by atoms with Crippen molar-refractivity contribution in [2.45, 2.75) is 6.42 Å². The zero-order valence-corrected chi connectivity index (χ0v) is 7.74. The van der Waals surface area contributed by atoms with Crippen molar-refractivity contribution < 1.29 is 9.22 Å². The first-order chi connectivity index (χ1) is 5.41. The molecule has 3 heteroatoms. The van der Waals surface area contributed by atoms with E-state index in [2.05, 4.69) is 11.8 Å². The lowest BCUT2D eigenvalue weighted by Crippen LogP contribution is -2.56. The molecule has 0 amide bonds. The molecule has 0 aromatic carbocycles. The van der Waals surface area contributed by atoms with Crippen molar-refractivity contribution in [1.82, 2.24) is 0 Å². The van der Waals surface area contributed by atoms with Gasteiger partial charge in [-0.25, -0.2) is 0 Å². The van der Waals surface area contributed by atoms with Crippen LogP contribution in [0.4, 0.5) is 0 Å². The summed E-state index contributed by atoms with van der Waals surface area (Å²) in [6.45, 7) is 5.89. The van der Waals surface area contributed by atoms with Crippen LogP contribution in [0, 0.1) is 0 Å². The molecule has 0 aromatic heterocycles. The molecule has 2 aliphatic heterocycles. The van der Waals surface area contributed by atoms with E-state index >= 15 is 0 Å². The number of ether oxygens (including phenoxy) is 1. The van der Waals surface area contributed by atoms with E-state index in [1.165, 1.54) is 42.2 Å². The Morgan fingerprint density at radius 2 is 1.91 bits per heavy atom. The number of hydrogen-bond acceptors (Lipinski definition) is 2. The Hall–Kier alpha value is 0.270. The summed E-state index contributed by atoms with van der Waals surface area (Å²) >= 11 is 2.12. The minimum Gasteiger partial charge on any atom is -0.370 e. The Kier molecular flexibility index (Phi) is 2.39. The van der Waals surface area contributed by atoms with E-state index in [-0.39, 0.29) is 0 Å². The molecule has 2 nitrogen and oxygen atoms in total. The van der Waals surface area contributed by atoms with Crippen LogP contribution in [-0.2, 0) is 4.74 Å². The largest absolute Gasteiger partial charge is 0.370 e. The van der Waals surface area contributed by atoms with Gasteiger partial charge in [-0.2, -0.15) is 0 Å². The zero-order valence-electron chi connectivity index (χ0n) is 6.92. The summed E-state index contributed by atoms with van der Waals surface area (Å²) in [6.07, 6.45) is 1.41. The average Bonchev–Trinajstić information content (AvgIpc) is 2.07. The van der Waals surface area contributed by atoms with Crippen LogP contribution >= 0.6 is 11.8 Å². The lowest BCUT2D eigenvalue weighted by Gasteiger charge is -2.43. The van der Waals surface area contributed by atoms with Crippen LogP contribution in [0.2, 0.25) is 0 Å². The standard InChI is InChI=1S/C8H16NOS/c1-2-9(8-11-7-1)3-5-10-6-4-9/h1-8H2/q+1. The van der Waals surface area contributed by atoms with Gasteiger partial charge in [0.2, 0.25) is 0 Å². The third-order valence-corrected chi connectivity index (χ3v) is 4.01. The number of morpholine rings is 1. The van der Waals surface area contributed by atoms with Crippen molar-refractivity contribution in [2.75, 3.05) is 44.5 Å². The predicted molar refractivity (Wildman–Crippen MR) is 47.6 cm³/mol. The number of nitrogens with zero attached hydrogens (tertiary/aromatic N) is 1. The Morgan fingerprint density at radius 1 is 1.09 bits per heavy atom. The Balaban J connectivity index is 1.94. The summed E-state index contributed by atoms with van der Waals surface area (Å²) < 4.78 is 6.71. The van der Waals surface area contributed by atoms with Gasteiger partial charge in [0.25, 0.3) is 0 Å². The van der Waals surface area contributed by atoms with Gasteiger partial charge < -0.3 is 9.22 Å². The highest BCUT2D eigenvalue weighted by molar-refractivity contribution is 7.99. The molecule has 2 aliphatic rings.